The molecule has 20 heavy (non-hydrogen) atoms. The van der Waals surface area contributed by atoms with E-state index in [1.807, 2.05) is 0 Å². The lowest BCUT2D eigenvalue weighted by Crippen LogP contribution is -2.40. The van der Waals surface area contributed by atoms with Crippen LogP contribution in [0.15, 0.2) is 33.5 Å². The van der Waals surface area contributed by atoms with Crippen LogP contribution in [0.5, 0.6) is 0 Å². The van der Waals surface area contributed by atoms with E-state index in [1.54, 1.807) is 29.2 Å². The van der Waals surface area contributed by atoms with E-state index in [4.69, 9.17) is 4.42 Å². The summed E-state index contributed by atoms with van der Waals surface area (Å²) in [5.74, 6) is -0.686. The van der Waals surface area contributed by atoms with Crippen LogP contribution in [0.1, 0.15) is 12.8 Å². The van der Waals surface area contributed by atoms with Gasteiger partial charge in [-0.2, -0.15) is 0 Å². The predicted octanol–water partition coefficient (Wildman–Crippen LogP) is 0.578. The first-order chi connectivity index (χ1) is 9.70. The zero-order valence-corrected chi connectivity index (χ0v) is 11.0. The van der Waals surface area contributed by atoms with Crippen LogP contribution in [0, 0.1) is 0 Å². The first-order valence-corrected chi connectivity index (χ1v) is 6.69. The molecule has 0 saturated carbocycles. The number of hydrogen-bond acceptors (Lipinski definition) is 4. The molecule has 6 nitrogen and oxygen atoms in total. The van der Waals surface area contributed by atoms with Crippen molar-refractivity contribution in [3.63, 3.8) is 0 Å². The number of carbonyl (C=O) groups is 1. The van der Waals surface area contributed by atoms with Gasteiger partial charge in [-0.15, -0.1) is 0 Å². The maximum absolute atomic E-state index is 12.3. The molecule has 1 saturated heterocycles. The van der Waals surface area contributed by atoms with E-state index in [1.165, 1.54) is 4.57 Å². The zero-order chi connectivity index (χ0) is 14.1. The fraction of sp³-hybridized carbons (Fsp3) is 0.429. The molecule has 1 aliphatic rings. The molecule has 3 rings (SSSR count). The Labute approximate surface area is 115 Å². The number of aromatic nitrogens is 1. The number of amides is 1. The summed E-state index contributed by atoms with van der Waals surface area (Å²) in [5.41, 5.74) is 1.09. The van der Waals surface area contributed by atoms with Gasteiger partial charge in [-0.3, -0.25) is 9.36 Å². The molecule has 0 radical (unpaired) electrons. The Bertz CT molecular complexity index is 688. The van der Waals surface area contributed by atoms with Crippen LogP contribution >= 0.6 is 0 Å². The number of para-hydroxylation sites is 2. The van der Waals surface area contributed by atoms with Gasteiger partial charge in [0.1, 0.15) is 6.54 Å². The highest BCUT2D eigenvalue weighted by atomic mass is 16.4. The molecule has 0 bridgehead atoms. The molecular weight excluding hydrogens is 260 g/mol. The maximum atomic E-state index is 12.3. The van der Waals surface area contributed by atoms with Crippen LogP contribution < -0.4 is 5.76 Å². The Balaban J connectivity index is 1.88. The number of aliphatic hydroxyl groups is 1. The van der Waals surface area contributed by atoms with Crippen LogP contribution in [0.25, 0.3) is 11.1 Å². The SMILES string of the molecule is O=C(Cn1c(=O)oc2ccccc21)N1CCCC1CO. The van der Waals surface area contributed by atoms with Gasteiger partial charge < -0.3 is 14.4 Å². The molecule has 1 N–H and O–H groups in total. The summed E-state index contributed by atoms with van der Waals surface area (Å²) in [4.78, 5) is 25.8. The third-order valence-corrected chi connectivity index (χ3v) is 3.78. The highest BCUT2D eigenvalue weighted by Crippen LogP contribution is 2.18. The summed E-state index contributed by atoms with van der Waals surface area (Å²) < 4.78 is 6.44. The Hall–Kier alpha value is -2.08. The first kappa shape index (κ1) is 12.9. The molecule has 2 aromatic rings. The van der Waals surface area contributed by atoms with Crippen molar-refractivity contribution in [2.45, 2.75) is 25.4 Å². The summed E-state index contributed by atoms with van der Waals surface area (Å²) >= 11 is 0. The number of nitrogens with zero attached hydrogens (tertiary/aromatic N) is 2. The van der Waals surface area contributed by atoms with Crippen molar-refractivity contribution in [3.05, 3.63) is 34.8 Å². The number of hydrogen-bond donors (Lipinski definition) is 1. The van der Waals surface area contributed by atoms with Crippen molar-refractivity contribution in [1.29, 1.82) is 0 Å². The molecule has 1 unspecified atom stereocenters. The summed E-state index contributed by atoms with van der Waals surface area (Å²) in [5, 5.41) is 9.26. The minimum atomic E-state index is -0.528. The van der Waals surface area contributed by atoms with Gasteiger partial charge in [-0.05, 0) is 25.0 Å². The zero-order valence-electron chi connectivity index (χ0n) is 11.0. The van der Waals surface area contributed by atoms with Crippen molar-refractivity contribution < 1.29 is 14.3 Å². The Kier molecular flexibility index (Phi) is 3.31. The third kappa shape index (κ3) is 2.12. The van der Waals surface area contributed by atoms with Crippen LogP contribution in [0.4, 0.5) is 0 Å². The third-order valence-electron chi connectivity index (χ3n) is 3.78. The predicted molar refractivity (Wildman–Crippen MR) is 72.3 cm³/mol. The lowest BCUT2D eigenvalue weighted by Gasteiger charge is -2.22. The van der Waals surface area contributed by atoms with Gasteiger partial charge in [0, 0.05) is 6.54 Å². The van der Waals surface area contributed by atoms with Crippen molar-refractivity contribution in [3.8, 4) is 0 Å². The van der Waals surface area contributed by atoms with Crippen molar-refractivity contribution in [1.82, 2.24) is 9.47 Å². The smallest absolute Gasteiger partial charge is 0.408 e. The van der Waals surface area contributed by atoms with Crippen molar-refractivity contribution in [2.24, 2.45) is 0 Å². The van der Waals surface area contributed by atoms with E-state index in [0.717, 1.165) is 12.8 Å². The Morgan fingerprint density at radius 1 is 1.40 bits per heavy atom. The summed E-state index contributed by atoms with van der Waals surface area (Å²) in [6, 6.07) is 6.89. The fourth-order valence-electron chi connectivity index (χ4n) is 2.74. The van der Waals surface area contributed by atoms with Crippen molar-refractivity contribution in [2.75, 3.05) is 13.2 Å². The molecular formula is C14H16N2O4. The highest BCUT2D eigenvalue weighted by molar-refractivity contribution is 5.80. The molecule has 1 amide bonds. The van der Waals surface area contributed by atoms with E-state index in [9.17, 15) is 14.7 Å². The molecule has 1 aromatic carbocycles. The number of fused-ring (bicyclic) bond motifs is 1. The molecule has 6 heteroatoms. The van der Waals surface area contributed by atoms with Crippen molar-refractivity contribution >= 4 is 17.0 Å². The number of oxazole rings is 1. The molecule has 2 heterocycles. The van der Waals surface area contributed by atoms with Crippen LogP contribution in [-0.4, -0.2) is 39.7 Å². The van der Waals surface area contributed by atoms with Gasteiger partial charge >= 0.3 is 5.76 Å². The van der Waals surface area contributed by atoms with Crippen LogP contribution in [0.2, 0.25) is 0 Å². The number of likely N-dealkylation sites (tertiary alicyclic amines) is 1. The molecule has 106 valence electrons. The second-order valence-corrected chi connectivity index (χ2v) is 4.99. The molecule has 0 spiro atoms. The van der Waals surface area contributed by atoms with E-state index < -0.39 is 5.76 Å². The lowest BCUT2D eigenvalue weighted by molar-refractivity contribution is -0.133. The summed E-state index contributed by atoms with van der Waals surface area (Å²) in [7, 11) is 0. The fourth-order valence-corrected chi connectivity index (χ4v) is 2.74. The average Bonchev–Trinajstić information content (AvgIpc) is 3.04. The average molecular weight is 276 g/mol. The topological polar surface area (TPSA) is 75.7 Å². The lowest BCUT2D eigenvalue weighted by atomic mass is 10.2. The normalized spacial score (nSPS) is 18.9. The largest absolute Gasteiger partial charge is 0.420 e. The highest BCUT2D eigenvalue weighted by Gasteiger charge is 2.28. The standard InChI is InChI=1S/C14H16N2O4/c17-9-10-4-3-7-15(10)13(18)8-16-11-5-1-2-6-12(11)20-14(16)19/h1-2,5-6,10,17H,3-4,7-9H2. The first-order valence-electron chi connectivity index (χ1n) is 6.69. The minimum Gasteiger partial charge on any atom is -0.408 e. The van der Waals surface area contributed by atoms with Crippen LogP contribution in [-0.2, 0) is 11.3 Å². The number of benzene rings is 1. The van der Waals surface area contributed by atoms with Crippen LogP contribution in [0.3, 0.4) is 0 Å². The number of carbonyl (C=O) groups excluding carboxylic acids is 1. The van der Waals surface area contributed by atoms with Gasteiger partial charge in [0.25, 0.3) is 0 Å². The van der Waals surface area contributed by atoms with E-state index in [2.05, 4.69) is 0 Å². The molecule has 1 aromatic heterocycles. The van der Waals surface area contributed by atoms with E-state index in [0.29, 0.717) is 17.6 Å². The number of aliphatic hydroxyl groups excluding tert-OH is 1. The van der Waals surface area contributed by atoms with Gasteiger partial charge in [0.05, 0.1) is 18.2 Å². The summed E-state index contributed by atoms with van der Waals surface area (Å²) in [6.45, 7) is 0.549. The van der Waals surface area contributed by atoms with E-state index >= 15 is 0 Å². The Morgan fingerprint density at radius 2 is 2.20 bits per heavy atom. The second kappa shape index (κ2) is 5.13. The minimum absolute atomic E-state index is 0.0349. The quantitative estimate of drug-likeness (QED) is 0.889. The maximum Gasteiger partial charge on any atom is 0.420 e. The van der Waals surface area contributed by atoms with Gasteiger partial charge in [0.2, 0.25) is 5.91 Å². The van der Waals surface area contributed by atoms with Gasteiger partial charge in [-0.1, -0.05) is 12.1 Å². The monoisotopic (exact) mass is 276 g/mol. The number of rotatable bonds is 3. The molecule has 1 atom stereocenters. The summed E-state index contributed by atoms with van der Waals surface area (Å²) in [6.07, 6.45) is 1.70. The second-order valence-electron chi connectivity index (χ2n) is 4.99. The Morgan fingerprint density at radius 3 is 3.00 bits per heavy atom. The molecule has 1 fully saturated rings. The molecule has 1 aliphatic heterocycles. The van der Waals surface area contributed by atoms with Gasteiger partial charge in [0.15, 0.2) is 5.58 Å². The van der Waals surface area contributed by atoms with E-state index in [-0.39, 0.29) is 25.1 Å². The van der Waals surface area contributed by atoms with Gasteiger partial charge in [-0.25, -0.2) is 4.79 Å². The molecule has 0 aliphatic carbocycles.